The van der Waals surface area contributed by atoms with Crippen LogP contribution in [0.4, 0.5) is 10.1 Å². The van der Waals surface area contributed by atoms with Gasteiger partial charge in [0.2, 0.25) is 0 Å². The number of anilines is 1. The largest absolute Gasteiger partial charge is 0.320 e. The van der Waals surface area contributed by atoms with E-state index in [2.05, 4.69) is 41.6 Å². The number of nitrogens with zero attached hydrogens (tertiary/aromatic N) is 4. The molecule has 0 atom stereocenters. The Balaban J connectivity index is 1.45. The molecule has 0 bridgehead atoms. The Morgan fingerprint density at radius 3 is 2.62 bits per heavy atom. The fourth-order valence-corrected chi connectivity index (χ4v) is 5.55. The first-order valence-electron chi connectivity index (χ1n) is 13.1. The molecule has 37 heavy (non-hydrogen) atoms. The Kier molecular flexibility index (Phi) is 6.74. The quantitative estimate of drug-likeness (QED) is 0.455. The molecule has 196 valence electrons. The maximum atomic E-state index is 15.0. The summed E-state index contributed by atoms with van der Waals surface area (Å²) in [6.45, 7) is 7.80. The van der Waals surface area contributed by atoms with Crippen molar-refractivity contribution in [1.82, 2.24) is 24.6 Å². The number of benzene rings is 1. The van der Waals surface area contributed by atoms with E-state index < -0.39 is 17.1 Å². The van der Waals surface area contributed by atoms with Gasteiger partial charge in [0.15, 0.2) is 0 Å². The lowest BCUT2D eigenvalue weighted by molar-refractivity contribution is 0.102. The first-order chi connectivity index (χ1) is 17.7. The third-order valence-corrected chi connectivity index (χ3v) is 7.47. The molecule has 2 saturated carbocycles. The van der Waals surface area contributed by atoms with Gasteiger partial charge in [-0.15, -0.1) is 10.2 Å². The average Bonchev–Trinajstić information content (AvgIpc) is 3.59. The molecular formula is C28H35FN6O2. The summed E-state index contributed by atoms with van der Waals surface area (Å²) in [6, 6.07) is 6.56. The van der Waals surface area contributed by atoms with Crippen molar-refractivity contribution in [2.75, 3.05) is 11.9 Å². The molecule has 2 N–H and O–H groups in total. The molecule has 5 rings (SSSR count). The second kappa shape index (κ2) is 9.85. The zero-order valence-corrected chi connectivity index (χ0v) is 21.9. The summed E-state index contributed by atoms with van der Waals surface area (Å²) in [7, 11) is 1.90. The van der Waals surface area contributed by atoms with Crippen LogP contribution in [0.1, 0.15) is 79.8 Å². The third kappa shape index (κ3) is 4.97. The molecule has 9 heteroatoms. The first-order valence-corrected chi connectivity index (χ1v) is 13.1. The van der Waals surface area contributed by atoms with Crippen molar-refractivity contribution in [3.63, 3.8) is 0 Å². The van der Waals surface area contributed by atoms with Crippen LogP contribution in [-0.2, 0) is 19.0 Å². The minimum Gasteiger partial charge on any atom is -0.320 e. The molecule has 8 nitrogen and oxygen atoms in total. The van der Waals surface area contributed by atoms with Gasteiger partial charge in [0.25, 0.3) is 11.5 Å². The van der Waals surface area contributed by atoms with E-state index in [1.165, 1.54) is 6.07 Å². The van der Waals surface area contributed by atoms with Crippen molar-refractivity contribution in [2.24, 2.45) is 18.9 Å². The summed E-state index contributed by atoms with van der Waals surface area (Å²) >= 11 is 0. The van der Waals surface area contributed by atoms with Crippen LogP contribution >= 0.6 is 0 Å². The van der Waals surface area contributed by atoms with Gasteiger partial charge in [0.1, 0.15) is 23.5 Å². The number of halogens is 1. The summed E-state index contributed by atoms with van der Waals surface area (Å²) in [5, 5.41) is 14.5. The number of pyridine rings is 1. The Morgan fingerprint density at radius 2 is 2.00 bits per heavy atom. The molecule has 2 aliphatic rings. The minimum absolute atomic E-state index is 0.0285. The molecule has 1 aromatic carbocycles. The van der Waals surface area contributed by atoms with Gasteiger partial charge in [0.05, 0.1) is 11.1 Å². The third-order valence-electron chi connectivity index (χ3n) is 7.47. The Morgan fingerprint density at radius 1 is 1.24 bits per heavy atom. The van der Waals surface area contributed by atoms with Crippen LogP contribution in [0, 0.1) is 17.7 Å². The molecular weight excluding hydrogens is 471 g/mol. The van der Waals surface area contributed by atoms with Crippen molar-refractivity contribution >= 4 is 11.6 Å². The van der Waals surface area contributed by atoms with E-state index >= 15 is 0 Å². The highest BCUT2D eigenvalue weighted by atomic mass is 19.1. The number of rotatable bonds is 9. The van der Waals surface area contributed by atoms with Crippen molar-refractivity contribution in [3.8, 4) is 0 Å². The van der Waals surface area contributed by atoms with Gasteiger partial charge in [-0.25, -0.2) is 4.39 Å². The number of nitrogens with one attached hydrogen (secondary N) is 2. The lowest BCUT2D eigenvalue weighted by Crippen LogP contribution is -2.43. The van der Waals surface area contributed by atoms with Gasteiger partial charge in [-0.1, -0.05) is 26.8 Å². The van der Waals surface area contributed by atoms with Gasteiger partial charge in [0, 0.05) is 25.8 Å². The number of hydrogen-bond donors (Lipinski definition) is 2. The molecule has 0 aliphatic heterocycles. The van der Waals surface area contributed by atoms with Crippen LogP contribution in [0.15, 0.2) is 41.6 Å². The molecule has 0 spiro atoms. The molecule has 0 radical (unpaired) electrons. The maximum Gasteiger partial charge on any atom is 0.263 e. The molecule has 2 aromatic heterocycles. The molecule has 0 unspecified atom stereocenters. The van der Waals surface area contributed by atoms with E-state index in [4.69, 9.17) is 0 Å². The van der Waals surface area contributed by atoms with Crippen LogP contribution in [0.2, 0.25) is 0 Å². The number of aromatic nitrogens is 4. The second-order valence-corrected chi connectivity index (χ2v) is 11.2. The van der Waals surface area contributed by atoms with Crippen molar-refractivity contribution in [1.29, 1.82) is 0 Å². The summed E-state index contributed by atoms with van der Waals surface area (Å²) < 4.78 is 18.5. The smallest absolute Gasteiger partial charge is 0.263 e. The van der Waals surface area contributed by atoms with Crippen molar-refractivity contribution < 1.29 is 9.18 Å². The van der Waals surface area contributed by atoms with E-state index in [0.717, 1.165) is 49.2 Å². The highest BCUT2D eigenvalue weighted by Gasteiger charge is 2.48. The molecule has 1 amide bonds. The zero-order valence-electron chi connectivity index (χ0n) is 21.9. The number of aryl methyl sites for hydroxylation is 1. The number of hydrogen-bond acceptors (Lipinski definition) is 5. The lowest BCUT2D eigenvalue weighted by Gasteiger charge is -2.46. The average molecular weight is 507 g/mol. The summed E-state index contributed by atoms with van der Waals surface area (Å²) in [4.78, 5) is 26.5. The maximum absolute atomic E-state index is 15.0. The number of carbonyl (C=O) groups is 1. The molecule has 3 aromatic rings. The molecule has 0 saturated heterocycles. The molecule has 2 heterocycles. The van der Waals surface area contributed by atoms with E-state index in [1.54, 1.807) is 29.1 Å². The van der Waals surface area contributed by atoms with Crippen molar-refractivity contribution in [3.05, 3.63) is 75.5 Å². The fraction of sp³-hybridized carbons (Fsp3) is 0.500. The van der Waals surface area contributed by atoms with Gasteiger partial charge in [-0.3, -0.25) is 9.59 Å². The van der Waals surface area contributed by atoms with Crippen LogP contribution in [0.3, 0.4) is 0 Å². The highest BCUT2D eigenvalue weighted by molar-refractivity contribution is 6.04. The number of amides is 1. The normalized spacial score (nSPS) is 21.2. The summed E-state index contributed by atoms with van der Waals surface area (Å²) in [5.41, 5.74) is 1.09. The van der Waals surface area contributed by atoms with E-state index in [-0.39, 0.29) is 22.9 Å². The van der Waals surface area contributed by atoms with Crippen LogP contribution < -0.4 is 16.2 Å². The summed E-state index contributed by atoms with van der Waals surface area (Å²) in [5.74, 6) is 0.651. The first kappa shape index (κ1) is 25.3. The van der Waals surface area contributed by atoms with Gasteiger partial charge >= 0.3 is 0 Å². The van der Waals surface area contributed by atoms with E-state index in [1.807, 2.05) is 17.8 Å². The van der Waals surface area contributed by atoms with Crippen molar-refractivity contribution in [2.45, 2.75) is 64.5 Å². The standard InChI is InChI=1S/C28H35FN6O2/c1-17(2)13-30-14-19-9-22(26(37)35(15-19)21-6-7-21)25(36)32-24-10-20(5-8-23(24)29)28(11-18(3)12-28)27-33-31-16-34(27)4/h5,8-10,15-18,21,30H,6-7,11-14H2,1-4H3,(H,32,36). The molecule has 2 aliphatic carbocycles. The monoisotopic (exact) mass is 506 g/mol. The van der Waals surface area contributed by atoms with E-state index in [0.29, 0.717) is 18.4 Å². The van der Waals surface area contributed by atoms with Gasteiger partial charge in [-0.2, -0.15) is 0 Å². The van der Waals surface area contributed by atoms with Crippen LogP contribution in [-0.4, -0.2) is 31.8 Å². The Labute approximate surface area is 216 Å². The highest BCUT2D eigenvalue weighted by Crippen LogP contribution is 2.51. The predicted octanol–water partition coefficient (Wildman–Crippen LogP) is 4.16. The number of carbonyl (C=O) groups excluding carboxylic acids is 1. The lowest BCUT2D eigenvalue weighted by atomic mass is 9.58. The van der Waals surface area contributed by atoms with Gasteiger partial charge in [-0.05, 0) is 73.4 Å². The van der Waals surface area contributed by atoms with Crippen LogP contribution in [0.25, 0.3) is 0 Å². The molecule has 2 fully saturated rings. The fourth-order valence-electron chi connectivity index (χ4n) is 5.55. The second-order valence-electron chi connectivity index (χ2n) is 11.2. The SMILES string of the molecule is CC(C)CNCc1cc(C(=O)Nc2cc(C3(c4nncn4C)CC(C)C3)ccc2F)c(=O)n(C2CC2)c1. The minimum atomic E-state index is -0.601. The topological polar surface area (TPSA) is 93.8 Å². The van der Waals surface area contributed by atoms with Crippen LogP contribution in [0.5, 0.6) is 0 Å². The zero-order chi connectivity index (χ0) is 26.3. The Bertz CT molecular complexity index is 1370. The van der Waals surface area contributed by atoms with E-state index in [9.17, 15) is 14.0 Å². The Hall–Kier alpha value is -3.33. The summed E-state index contributed by atoms with van der Waals surface area (Å²) in [6.07, 6.45) is 7.06. The van der Waals surface area contributed by atoms with Gasteiger partial charge < -0.3 is 19.8 Å². The predicted molar refractivity (Wildman–Crippen MR) is 140 cm³/mol.